The van der Waals surface area contributed by atoms with Crippen molar-refractivity contribution in [2.24, 2.45) is 0 Å². The summed E-state index contributed by atoms with van der Waals surface area (Å²) < 4.78 is 16.2. The smallest absolute Gasteiger partial charge is 0.272 e. The summed E-state index contributed by atoms with van der Waals surface area (Å²) in [5.41, 5.74) is 4.45. The fraction of sp³-hybridized carbons (Fsp3) is 0.0952. The van der Waals surface area contributed by atoms with Crippen LogP contribution < -0.4 is 5.32 Å². The van der Waals surface area contributed by atoms with Gasteiger partial charge in [-0.25, -0.2) is 4.39 Å². The van der Waals surface area contributed by atoms with Crippen LogP contribution in [0.2, 0.25) is 0 Å². The summed E-state index contributed by atoms with van der Waals surface area (Å²) in [4.78, 5) is 12.8. The number of benzene rings is 2. The maximum Gasteiger partial charge on any atom is 0.272 e. The third-order valence-electron chi connectivity index (χ3n) is 4.32. The Bertz CT molecular complexity index is 1060. The summed E-state index contributed by atoms with van der Waals surface area (Å²) in [6.07, 6.45) is 0. The second kappa shape index (κ2) is 6.77. The van der Waals surface area contributed by atoms with Crippen molar-refractivity contribution < 1.29 is 9.18 Å². The minimum absolute atomic E-state index is 0.153. The van der Waals surface area contributed by atoms with E-state index in [1.54, 1.807) is 23.5 Å². The second-order valence-corrected chi connectivity index (χ2v) is 7.18. The molecular weight excluding hydrogens is 347 g/mol. The molecule has 1 N–H and O–H groups in total. The predicted octanol–water partition coefficient (Wildman–Crippen LogP) is 5.45. The zero-order valence-corrected chi connectivity index (χ0v) is 15.0. The SMILES string of the molecule is Cc1ccc(NC(=O)c2cc3sccc3n2Cc2ccc(F)cc2)cc1. The van der Waals surface area contributed by atoms with Crippen LogP contribution in [0.25, 0.3) is 10.2 Å². The lowest BCUT2D eigenvalue weighted by Gasteiger charge is -2.11. The Morgan fingerprint density at radius 2 is 1.81 bits per heavy atom. The van der Waals surface area contributed by atoms with Gasteiger partial charge in [-0.3, -0.25) is 4.79 Å². The molecule has 2 aromatic carbocycles. The highest BCUT2D eigenvalue weighted by Gasteiger charge is 2.17. The number of halogens is 1. The number of carbonyl (C=O) groups is 1. The van der Waals surface area contributed by atoms with E-state index < -0.39 is 0 Å². The molecule has 0 spiro atoms. The Labute approximate surface area is 154 Å². The van der Waals surface area contributed by atoms with Crippen molar-refractivity contribution in [3.05, 3.63) is 88.7 Å². The lowest BCUT2D eigenvalue weighted by Crippen LogP contribution is -2.17. The summed E-state index contributed by atoms with van der Waals surface area (Å²) in [5, 5.41) is 4.96. The zero-order valence-electron chi connectivity index (χ0n) is 14.2. The van der Waals surface area contributed by atoms with Crippen LogP contribution in [-0.2, 0) is 6.54 Å². The topological polar surface area (TPSA) is 34.0 Å². The van der Waals surface area contributed by atoms with Gasteiger partial charge in [-0.05, 0) is 54.3 Å². The van der Waals surface area contributed by atoms with Crippen LogP contribution in [0.5, 0.6) is 0 Å². The average Bonchev–Trinajstić information content (AvgIpc) is 3.21. The lowest BCUT2D eigenvalue weighted by molar-refractivity contribution is 0.101. The van der Waals surface area contributed by atoms with E-state index in [1.807, 2.05) is 53.3 Å². The summed E-state index contributed by atoms with van der Waals surface area (Å²) in [6.45, 7) is 2.52. The van der Waals surface area contributed by atoms with Crippen molar-refractivity contribution in [3.8, 4) is 0 Å². The number of anilines is 1. The van der Waals surface area contributed by atoms with Gasteiger partial charge in [-0.1, -0.05) is 29.8 Å². The van der Waals surface area contributed by atoms with Crippen LogP contribution >= 0.6 is 11.3 Å². The number of fused-ring (bicyclic) bond motifs is 1. The molecule has 0 unspecified atom stereocenters. The average molecular weight is 364 g/mol. The first-order chi connectivity index (χ1) is 12.6. The maximum absolute atomic E-state index is 13.2. The van der Waals surface area contributed by atoms with Crippen LogP contribution in [0, 0.1) is 12.7 Å². The Hall–Kier alpha value is -2.92. The molecule has 0 atom stereocenters. The molecule has 26 heavy (non-hydrogen) atoms. The molecule has 0 bridgehead atoms. The van der Waals surface area contributed by atoms with Gasteiger partial charge >= 0.3 is 0 Å². The Kier molecular flexibility index (Phi) is 4.31. The Balaban J connectivity index is 1.67. The van der Waals surface area contributed by atoms with Crippen molar-refractivity contribution in [3.63, 3.8) is 0 Å². The summed E-state index contributed by atoms with van der Waals surface area (Å²) in [7, 11) is 0. The largest absolute Gasteiger partial charge is 0.331 e. The number of aromatic nitrogens is 1. The molecule has 1 amide bonds. The summed E-state index contributed by atoms with van der Waals surface area (Å²) in [6, 6.07) is 18.0. The molecule has 0 saturated heterocycles. The van der Waals surface area contributed by atoms with E-state index in [4.69, 9.17) is 0 Å². The summed E-state index contributed by atoms with van der Waals surface area (Å²) >= 11 is 1.60. The number of nitrogens with zero attached hydrogens (tertiary/aromatic N) is 1. The molecular formula is C21H17FN2OS. The van der Waals surface area contributed by atoms with Gasteiger partial charge in [0.25, 0.3) is 5.91 Å². The fourth-order valence-electron chi connectivity index (χ4n) is 2.94. The number of thiophene rings is 1. The minimum Gasteiger partial charge on any atom is -0.331 e. The fourth-order valence-corrected chi connectivity index (χ4v) is 3.76. The van der Waals surface area contributed by atoms with E-state index in [0.29, 0.717) is 12.2 Å². The molecule has 2 heterocycles. The van der Waals surface area contributed by atoms with E-state index in [-0.39, 0.29) is 11.7 Å². The van der Waals surface area contributed by atoms with Gasteiger partial charge in [0.05, 0.1) is 10.2 Å². The third kappa shape index (κ3) is 3.26. The molecule has 2 aromatic heterocycles. The molecule has 4 aromatic rings. The first-order valence-electron chi connectivity index (χ1n) is 8.29. The van der Waals surface area contributed by atoms with Gasteiger partial charge < -0.3 is 9.88 Å². The zero-order chi connectivity index (χ0) is 18.1. The standard InChI is InChI=1S/C21H17FN2OS/c1-14-2-8-17(9-3-14)23-21(25)19-12-20-18(10-11-26-20)24(19)13-15-4-6-16(22)7-5-15/h2-12H,13H2,1H3,(H,23,25). The quantitative estimate of drug-likeness (QED) is 0.513. The molecule has 0 saturated carbocycles. The van der Waals surface area contributed by atoms with Crippen LogP contribution in [0.4, 0.5) is 10.1 Å². The highest BCUT2D eigenvalue weighted by Crippen LogP contribution is 2.27. The van der Waals surface area contributed by atoms with Gasteiger partial charge in [0.2, 0.25) is 0 Å². The molecule has 0 aliphatic rings. The van der Waals surface area contributed by atoms with Gasteiger partial charge in [0, 0.05) is 12.2 Å². The van der Waals surface area contributed by atoms with Gasteiger partial charge in [0.1, 0.15) is 11.5 Å². The van der Waals surface area contributed by atoms with Crippen LogP contribution in [0.3, 0.4) is 0 Å². The number of rotatable bonds is 4. The predicted molar refractivity (Wildman–Crippen MR) is 104 cm³/mol. The number of amides is 1. The van der Waals surface area contributed by atoms with Crippen molar-refractivity contribution >= 4 is 33.1 Å². The maximum atomic E-state index is 13.2. The van der Waals surface area contributed by atoms with Crippen molar-refractivity contribution in [1.29, 1.82) is 0 Å². The first kappa shape index (κ1) is 16.5. The Morgan fingerprint density at radius 1 is 1.08 bits per heavy atom. The van der Waals surface area contributed by atoms with Crippen molar-refractivity contribution in [2.75, 3.05) is 5.32 Å². The van der Waals surface area contributed by atoms with Crippen LogP contribution in [-0.4, -0.2) is 10.5 Å². The van der Waals surface area contributed by atoms with Gasteiger partial charge in [0.15, 0.2) is 0 Å². The van der Waals surface area contributed by atoms with E-state index in [2.05, 4.69) is 5.32 Å². The number of hydrogen-bond acceptors (Lipinski definition) is 2. The minimum atomic E-state index is -0.265. The van der Waals surface area contributed by atoms with Gasteiger partial charge in [-0.2, -0.15) is 0 Å². The monoisotopic (exact) mass is 364 g/mol. The van der Waals surface area contributed by atoms with E-state index in [0.717, 1.165) is 27.0 Å². The number of aryl methyl sites for hydroxylation is 1. The van der Waals surface area contributed by atoms with E-state index in [1.165, 1.54) is 12.1 Å². The highest BCUT2D eigenvalue weighted by atomic mass is 32.1. The highest BCUT2D eigenvalue weighted by molar-refractivity contribution is 7.17. The number of carbonyl (C=O) groups excluding carboxylic acids is 1. The van der Waals surface area contributed by atoms with Crippen molar-refractivity contribution in [2.45, 2.75) is 13.5 Å². The first-order valence-corrected chi connectivity index (χ1v) is 9.17. The van der Waals surface area contributed by atoms with Crippen LogP contribution in [0.1, 0.15) is 21.6 Å². The second-order valence-electron chi connectivity index (χ2n) is 6.23. The number of nitrogens with one attached hydrogen (secondary N) is 1. The molecule has 130 valence electrons. The van der Waals surface area contributed by atoms with Gasteiger partial charge in [-0.15, -0.1) is 11.3 Å². The molecule has 3 nitrogen and oxygen atoms in total. The van der Waals surface area contributed by atoms with Crippen molar-refractivity contribution in [1.82, 2.24) is 4.57 Å². The van der Waals surface area contributed by atoms with E-state index in [9.17, 15) is 9.18 Å². The summed E-state index contributed by atoms with van der Waals surface area (Å²) in [5.74, 6) is -0.418. The molecule has 4 rings (SSSR count). The lowest BCUT2D eigenvalue weighted by atomic mass is 10.2. The molecule has 0 aliphatic heterocycles. The molecule has 5 heteroatoms. The molecule has 0 fully saturated rings. The molecule has 0 radical (unpaired) electrons. The molecule has 0 aliphatic carbocycles. The van der Waals surface area contributed by atoms with E-state index >= 15 is 0 Å². The van der Waals surface area contributed by atoms with Crippen LogP contribution in [0.15, 0.2) is 66.0 Å². The number of hydrogen-bond donors (Lipinski definition) is 1. The normalized spacial score (nSPS) is 11.0. The Morgan fingerprint density at radius 3 is 2.54 bits per heavy atom. The third-order valence-corrected chi connectivity index (χ3v) is 5.17.